The Balaban J connectivity index is 1.31. The molecule has 2 saturated heterocycles. The Morgan fingerprint density at radius 1 is 0.900 bits per heavy atom. The molecule has 0 spiro atoms. The lowest BCUT2D eigenvalue weighted by atomic mass is 10.3. The Bertz CT molecular complexity index is 234. The van der Waals surface area contributed by atoms with Gasteiger partial charge in [0.15, 0.2) is 0 Å². The number of rotatable bonds is 13. The molecule has 2 heterocycles. The third-order valence-electron chi connectivity index (χ3n) is 3.28. The van der Waals surface area contributed by atoms with E-state index in [9.17, 15) is 0 Å². The Morgan fingerprint density at radius 2 is 1.30 bits per heavy atom. The van der Waals surface area contributed by atoms with Gasteiger partial charge >= 0.3 is 0 Å². The summed E-state index contributed by atoms with van der Waals surface area (Å²) in [6, 6.07) is 0. The SMILES string of the molecule is CC(CNCCNCC(C)OCC1CO1)OCC1CO1. The van der Waals surface area contributed by atoms with Crippen molar-refractivity contribution in [1.29, 1.82) is 0 Å². The van der Waals surface area contributed by atoms with Crippen LogP contribution >= 0.6 is 0 Å². The van der Waals surface area contributed by atoms with Crippen molar-refractivity contribution in [2.24, 2.45) is 0 Å². The van der Waals surface area contributed by atoms with Crippen LogP contribution in [0, 0.1) is 0 Å². The fourth-order valence-electron chi connectivity index (χ4n) is 1.78. The van der Waals surface area contributed by atoms with Gasteiger partial charge in [0.25, 0.3) is 0 Å². The smallest absolute Gasteiger partial charge is 0.104 e. The molecule has 0 aromatic heterocycles. The van der Waals surface area contributed by atoms with Crippen LogP contribution < -0.4 is 10.6 Å². The Hall–Kier alpha value is -0.240. The highest BCUT2D eigenvalue weighted by molar-refractivity contribution is 4.70. The zero-order chi connectivity index (χ0) is 14.2. The third kappa shape index (κ3) is 8.14. The highest BCUT2D eigenvalue weighted by atomic mass is 16.6. The van der Waals surface area contributed by atoms with E-state index in [2.05, 4.69) is 24.5 Å². The van der Waals surface area contributed by atoms with Crippen LogP contribution in [0.25, 0.3) is 0 Å². The molecule has 0 saturated carbocycles. The molecule has 6 nitrogen and oxygen atoms in total. The maximum atomic E-state index is 5.63. The molecule has 0 bridgehead atoms. The lowest BCUT2D eigenvalue weighted by Crippen LogP contribution is -2.36. The van der Waals surface area contributed by atoms with Crippen LogP contribution in [0.1, 0.15) is 13.8 Å². The first-order chi connectivity index (χ1) is 9.74. The lowest BCUT2D eigenvalue weighted by Gasteiger charge is -2.15. The van der Waals surface area contributed by atoms with Crippen LogP contribution in [0.15, 0.2) is 0 Å². The van der Waals surface area contributed by atoms with E-state index in [1.54, 1.807) is 0 Å². The van der Waals surface area contributed by atoms with Gasteiger partial charge < -0.3 is 29.6 Å². The molecule has 2 rings (SSSR count). The van der Waals surface area contributed by atoms with Crippen molar-refractivity contribution in [3.05, 3.63) is 0 Å². The van der Waals surface area contributed by atoms with E-state index >= 15 is 0 Å². The topological polar surface area (TPSA) is 67.6 Å². The predicted octanol–water partition coefficient (Wildman–Crippen LogP) is -0.227. The summed E-state index contributed by atoms with van der Waals surface area (Å²) in [4.78, 5) is 0. The van der Waals surface area contributed by atoms with E-state index in [0.29, 0.717) is 12.2 Å². The molecular formula is C14H28N2O4. The highest BCUT2D eigenvalue weighted by Crippen LogP contribution is 2.10. The molecule has 0 aliphatic carbocycles. The molecule has 0 radical (unpaired) electrons. The Morgan fingerprint density at radius 3 is 1.65 bits per heavy atom. The molecular weight excluding hydrogens is 260 g/mol. The molecule has 118 valence electrons. The zero-order valence-electron chi connectivity index (χ0n) is 12.6. The number of epoxide rings is 2. The highest BCUT2D eigenvalue weighted by Gasteiger charge is 2.23. The number of nitrogens with one attached hydrogen (secondary N) is 2. The summed E-state index contributed by atoms with van der Waals surface area (Å²) in [6.45, 7) is 10.9. The minimum atomic E-state index is 0.236. The van der Waals surface area contributed by atoms with E-state index in [4.69, 9.17) is 18.9 Å². The first kappa shape index (κ1) is 16.1. The minimum Gasteiger partial charge on any atom is -0.374 e. The first-order valence-electron chi connectivity index (χ1n) is 7.62. The van der Waals surface area contributed by atoms with E-state index in [-0.39, 0.29) is 12.2 Å². The van der Waals surface area contributed by atoms with Crippen molar-refractivity contribution in [2.75, 3.05) is 52.6 Å². The van der Waals surface area contributed by atoms with Gasteiger partial charge in [-0.05, 0) is 13.8 Å². The Kier molecular flexibility index (Phi) is 7.19. The standard InChI is InChI=1S/C14H28N2O4/c1-11(17-7-13-9-19-13)5-15-3-4-16-6-12(2)18-8-14-10-20-14/h11-16H,3-10H2,1-2H3. The van der Waals surface area contributed by atoms with Gasteiger partial charge in [0.05, 0.1) is 38.6 Å². The normalized spacial score (nSPS) is 27.3. The molecule has 4 unspecified atom stereocenters. The van der Waals surface area contributed by atoms with Crippen LogP contribution in [0.5, 0.6) is 0 Å². The summed E-state index contributed by atoms with van der Waals surface area (Å²) in [5, 5.41) is 6.75. The first-order valence-corrected chi connectivity index (χ1v) is 7.62. The monoisotopic (exact) mass is 288 g/mol. The third-order valence-corrected chi connectivity index (χ3v) is 3.28. The van der Waals surface area contributed by atoms with E-state index in [1.165, 1.54) is 0 Å². The second kappa shape index (κ2) is 8.92. The van der Waals surface area contributed by atoms with Gasteiger partial charge in [0.2, 0.25) is 0 Å². The maximum Gasteiger partial charge on any atom is 0.104 e. The molecule has 20 heavy (non-hydrogen) atoms. The minimum absolute atomic E-state index is 0.236. The van der Waals surface area contributed by atoms with E-state index in [0.717, 1.165) is 52.6 Å². The van der Waals surface area contributed by atoms with Gasteiger partial charge in [-0.15, -0.1) is 0 Å². The summed E-state index contributed by atoms with van der Waals surface area (Å²) in [5.74, 6) is 0. The van der Waals surface area contributed by atoms with Crippen molar-refractivity contribution in [1.82, 2.24) is 10.6 Å². The molecule has 2 N–H and O–H groups in total. The van der Waals surface area contributed by atoms with Gasteiger partial charge in [-0.25, -0.2) is 0 Å². The maximum absolute atomic E-state index is 5.63. The lowest BCUT2D eigenvalue weighted by molar-refractivity contribution is 0.0525. The summed E-state index contributed by atoms with van der Waals surface area (Å²) in [7, 11) is 0. The second-order valence-electron chi connectivity index (χ2n) is 5.61. The van der Waals surface area contributed by atoms with Gasteiger partial charge in [0, 0.05) is 26.2 Å². The van der Waals surface area contributed by atoms with Crippen molar-refractivity contribution < 1.29 is 18.9 Å². The predicted molar refractivity (Wildman–Crippen MR) is 76.0 cm³/mol. The van der Waals surface area contributed by atoms with Crippen molar-refractivity contribution in [2.45, 2.75) is 38.3 Å². The summed E-state index contributed by atoms with van der Waals surface area (Å²) >= 11 is 0. The largest absolute Gasteiger partial charge is 0.374 e. The Labute approximate surface area is 121 Å². The van der Waals surface area contributed by atoms with Crippen LogP contribution in [-0.4, -0.2) is 77.0 Å². The summed E-state index contributed by atoms with van der Waals surface area (Å²) in [6.07, 6.45) is 1.17. The molecule has 4 atom stereocenters. The fraction of sp³-hybridized carbons (Fsp3) is 1.00. The van der Waals surface area contributed by atoms with Gasteiger partial charge in [0.1, 0.15) is 12.2 Å². The summed E-state index contributed by atoms with van der Waals surface area (Å²) in [5.41, 5.74) is 0. The number of ether oxygens (including phenoxy) is 4. The quantitative estimate of drug-likeness (QED) is 0.361. The molecule has 2 aliphatic rings. The number of hydrogen-bond donors (Lipinski definition) is 2. The molecule has 0 aromatic carbocycles. The van der Waals surface area contributed by atoms with Crippen molar-refractivity contribution >= 4 is 0 Å². The second-order valence-corrected chi connectivity index (χ2v) is 5.61. The van der Waals surface area contributed by atoms with Crippen molar-refractivity contribution in [3.63, 3.8) is 0 Å². The average molecular weight is 288 g/mol. The number of hydrogen-bond acceptors (Lipinski definition) is 6. The van der Waals surface area contributed by atoms with E-state index in [1.807, 2.05) is 0 Å². The van der Waals surface area contributed by atoms with Crippen LogP contribution in [-0.2, 0) is 18.9 Å². The molecule has 0 aromatic rings. The van der Waals surface area contributed by atoms with Crippen molar-refractivity contribution in [3.8, 4) is 0 Å². The average Bonchev–Trinajstić information content (AvgIpc) is 3.31. The molecule has 2 aliphatic heterocycles. The fourth-order valence-corrected chi connectivity index (χ4v) is 1.78. The van der Waals surface area contributed by atoms with Gasteiger partial charge in [-0.3, -0.25) is 0 Å². The van der Waals surface area contributed by atoms with Gasteiger partial charge in [-0.2, -0.15) is 0 Å². The molecule has 2 fully saturated rings. The molecule has 6 heteroatoms. The van der Waals surface area contributed by atoms with Crippen LogP contribution in [0.3, 0.4) is 0 Å². The van der Waals surface area contributed by atoms with Crippen LogP contribution in [0.2, 0.25) is 0 Å². The van der Waals surface area contributed by atoms with E-state index < -0.39 is 0 Å². The van der Waals surface area contributed by atoms with Gasteiger partial charge in [-0.1, -0.05) is 0 Å². The van der Waals surface area contributed by atoms with Crippen LogP contribution in [0.4, 0.5) is 0 Å². The molecule has 0 amide bonds. The summed E-state index contributed by atoms with van der Waals surface area (Å²) < 4.78 is 21.5. The zero-order valence-corrected chi connectivity index (χ0v) is 12.6.